The Hall–Kier alpha value is -1.20. The van der Waals surface area contributed by atoms with Gasteiger partial charge in [0, 0.05) is 0 Å². The summed E-state index contributed by atoms with van der Waals surface area (Å²) in [5.41, 5.74) is 1.15. The molecule has 0 aromatic heterocycles. The molecule has 1 aromatic rings. The monoisotopic (exact) mass is 216 g/mol. The van der Waals surface area contributed by atoms with Crippen molar-refractivity contribution in [3.8, 4) is 0 Å². The van der Waals surface area contributed by atoms with Crippen molar-refractivity contribution in [3.05, 3.63) is 35.7 Å². The molecule has 0 atom stereocenters. The van der Waals surface area contributed by atoms with Crippen molar-refractivity contribution >= 4 is 16.2 Å². The van der Waals surface area contributed by atoms with E-state index >= 15 is 0 Å². The molecule has 0 unspecified atom stereocenters. The maximum absolute atomic E-state index is 11.9. The minimum absolute atomic E-state index is 0.240. The van der Waals surface area contributed by atoms with Crippen LogP contribution in [0.25, 0.3) is 6.08 Å². The van der Waals surface area contributed by atoms with Gasteiger partial charge >= 0.3 is 0 Å². The normalized spacial score (nSPS) is 12.2. The highest BCUT2D eigenvalue weighted by molar-refractivity contribution is 7.85. The molecule has 3 nitrogen and oxygen atoms in total. The molecule has 0 bridgehead atoms. The van der Waals surface area contributed by atoms with Gasteiger partial charge in [-0.2, -0.15) is 8.42 Å². The van der Waals surface area contributed by atoms with Crippen LogP contribution in [0.15, 0.2) is 29.4 Å². The topological polar surface area (TPSA) is 54.4 Å². The minimum atomic E-state index is -4.22. The predicted molar refractivity (Wildman–Crippen MR) is 51.1 cm³/mol. The summed E-state index contributed by atoms with van der Waals surface area (Å²) < 4.78 is 42.1. The van der Waals surface area contributed by atoms with Crippen LogP contribution in [0.5, 0.6) is 0 Å². The van der Waals surface area contributed by atoms with Gasteiger partial charge in [0.25, 0.3) is 10.1 Å². The molecule has 0 saturated carbocycles. The van der Waals surface area contributed by atoms with Crippen LogP contribution in [0, 0.1) is 6.92 Å². The summed E-state index contributed by atoms with van der Waals surface area (Å²) in [6.07, 6.45) is 1.44. The number of aryl methyl sites for hydroxylation is 1. The largest absolute Gasteiger partial charge is 0.294 e. The SMILES string of the molecule is Cc1ccc(S(=O)(=O)O)cc1C=CF. The average Bonchev–Trinajstić information content (AvgIpc) is 2.07. The first-order valence-electron chi connectivity index (χ1n) is 3.80. The van der Waals surface area contributed by atoms with E-state index in [4.69, 9.17) is 4.55 Å². The molecule has 1 N–H and O–H groups in total. The Balaban J connectivity index is 3.34. The van der Waals surface area contributed by atoms with Gasteiger partial charge < -0.3 is 0 Å². The van der Waals surface area contributed by atoms with Crippen LogP contribution in [0.1, 0.15) is 11.1 Å². The van der Waals surface area contributed by atoms with Crippen molar-refractivity contribution in [2.45, 2.75) is 11.8 Å². The quantitative estimate of drug-likeness (QED) is 0.771. The Labute approximate surface area is 81.6 Å². The molecule has 1 aromatic carbocycles. The summed E-state index contributed by atoms with van der Waals surface area (Å²) in [5, 5.41) is 0. The van der Waals surface area contributed by atoms with E-state index in [1.807, 2.05) is 0 Å². The molecule has 76 valence electrons. The lowest BCUT2D eigenvalue weighted by atomic mass is 10.1. The Morgan fingerprint density at radius 2 is 2.07 bits per heavy atom. The highest BCUT2D eigenvalue weighted by Crippen LogP contribution is 2.16. The summed E-state index contributed by atoms with van der Waals surface area (Å²) in [6.45, 7) is 1.71. The molecular formula is C9H9FO3S. The third kappa shape index (κ3) is 2.40. The molecule has 0 spiro atoms. The lowest BCUT2D eigenvalue weighted by molar-refractivity contribution is 0.483. The molecule has 0 aliphatic rings. The molecule has 0 saturated heterocycles. The molecule has 5 heteroatoms. The number of rotatable bonds is 2. The first kappa shape index (κ1) is 10.9. The van der Waals surface area contributed by atoms with E-state index in [1.54, 1.807) is 6.92 Å². The zero-order chi connectivity index (χ0) is 10.8. The Morgan fingerprint density at radius 1 is 1.43 bits per heavy atom. The van der Waals surface area contributed by atoms with Gasteiger partial charge in [-0.1, -0.05) is 6.07 Å². The molecule has 1 rings (SSSR count). The van der Waals surface area contributed by atoms with Crippen LogP contribution in [-0.4, -0.2) is 13.0 Å². The van der Waals surface area contributed by atoms with Crippen LogP contribution < -0.4 is 0 Å². The second kappa shape index (κ2) is 3.89. The van der Waals surface area contributed by atoms with E-state index in [2.05, 4.69) is 0 Å². The fourth-order valence-electron chi connectivity index (χ4n) is 1.03. The fourth-order valence-corrected chi connectivity index (χ4v) is 1.54. The van der Waals surface area contributed by atoms with Crippen LogP contribution in [0.2, 0.25) is 0 Å². The zero-order valence-corrected chi connectivity index (χ0v) is 8.25. The van der Waals surface area contributed by atoms with Crippen LogP contribution in [0.3, 0.4) is 0 Å². The van der Waals surface area contributed by atoms with E-state index in [1.165, 1.54) is 18.2 Å². The number of benzene rings is 1. The summed E-state index contributed by atoms with van der Waals surface area (Å²) in [6, 6.07) is 3.97. The minimum Gasteiger partial charge on any atom is -0.282 e. The molecule has 14 heavy (non-hydrogen) atoms. The van der Waals surface area contributed by atoms with Gasteiger partial charge in [0.05, 0.1) is 11.2 Å². The van der Waals surface area contributed by atoms with Gasteiger partial charge in [-0.05, 0) is 36.3 Å². The lowest BCUT2D eigenvalue weighted by Gasteiger charge is -2.02. The highest BCUT2D eigenvalue weighted by atomic mass is 32.2. The number of hydrogen-bond donors (Lipinski definition) is 1. The summed E-state index contributed by atoms with van der Waals surface area (Å²) in [7, 11) is -4.22. The lowest BCUT2D eigenvalue weighted by Crippen LogP contribution is -1.98. The Kier molecular flexibility index (Phi) is 3.03. The smallest absolute Gasteiger partial charge is 0.282 e. The molecule has 0 radical (unpaired) electrons. The molecule has 0 fully saturated rings. The third-order valence-electron chi connectivity index (χ3n) is 1.79. The fraction of sp³-hybridized carbons (Fsp3) is 0.111. The van der Waals surface area contributed by atoms with Crippen LogP contribution in [-0.2, 0) is 10.1 Å². The molecule has 0 aliphatic carbocycles. The van der Waals surface area contributed by atoms with Crippen molar-refractivity contribution in [3.63, 3.8) is 0 Å². The summed E-state index contributed by atoms with van der Waals surface area (Å²) >= 11 is 0. The number of halogens is 1. The second-order valence-electron chi connectivity index (χ2n) is 2.79. The van der Waals surface area contributed by atoms with Crippen molar-refractivity contribution in [1.29, 1.82) is 0 Å². The van der Waals surface area contributed by atoms with E-state index in [9.17, 15) is 12.8 Å². The van der Waals surface area contributed by atoms with Crippen molar-refractivity contribution in [2.75, 3.05) is 0 Å². The standard InChI is InChI=1S/C9H9FO3S/c1-7-2-3-9(14(11,12)13)6-8(7)4-5-10/h2-6H,1H3,(H,11,12,13). The van der Waals surface area contributed by atoms with E-state index < -0.39 is 10.1 Å². The third-order valence-corrected chi connectivity index (χ3v) is 2.64. The first-order chi connectivity index (χ1) is 6.45. The average molecular weight is 216 g/mol. The summed E-state index contributed by atoms with van der Waals surface area (Å²) in [5.74, 6) is 0. The predicted octanol–water partition coefficient (Wildman–Crippen LogP) is 2.18. The van der Waals surface area contributed by atoms with E-state index in [0.717, 1.165) is 11.6 Å². The van der Waals surface area contributed by atoms with Crippen molar-refractivity contribution < 1.29 is 17.4 Å². The molecule has 0 heterocycles. The Morgan fingerprint density at radius 3 is 2.57 bits per heavy atom. The zero-order valence-electron chi connectivity index (χ0n) is 7.44. The van der Waals surface area contributed by atoms with Crippen molar-refractivity contribution in [1.82, 2.24) is 0 Å². The van der Waals surface area contributed by atoms with Gasteiger partial charge in [0.15, 0.2) is 0 Å². The van der Waals surface area contributed by atoms with Gasteiger partial charge in [0.2, 0.25) is 0 Å². The second-order valence-corrected chi connectivity index (χ2v) is 4.21. The molecular weight excluding hydrogens is 207 g/mol. The van der Waals surface area contributed by atoms with Crippen molar-refractivity contribution in [2.24, 2.45) is 0 Å². The van der Waals surface area contributed by atoms with Gasteiger partial charge in [-0.25, -0.2) is 4.39 Å². The van der Waals surface area contributed by atoms with Crippen LogP contribution in [0.4, 0.5) is 4.39 Å². The summed E-state index contributed by atoms with van der Waals surface area (Å²) in [4.78, 5) is -0.240. The molecule has 0 aliphatic heterocycles. The van der Waals surface area contributed by atoms with Gasteiger partial charge in [-0.15, -0.1) is 0 Å². The number of hydrogen-bond acceptors (Lipinski definition) is 2. The Bertz CT molecular complexity index is 463. The van der Waals surface area contributed by atoms with E-state index in [-0.39, 0.29) is 4.90 Å². The maximum atomic E-state index is 11.9. The molecule has 0 amide bonds. The van der Waals surface area contributed by atoms with E-state index in [0.29, 0.717) is 11.9 Å². The maximum Gasteiger partial charge on any atom is 0.294 e. The van der Waals surface area contributed by atoms with Gasteiger partial charge in [-0.3, -0.25) is 4.55 Å². The van der Waals surface area contributed by atoms with Gasteiger partial charge in [0.1, 0.15) is 0 Å². The van der Waals surface area contributed by atoms with Crippen LogP contribution >= 0.6 is 0 Å². The highest BCUT2D eigenvalue weighted by Gasteiger charge is 2.09. The first-order valence-corrected chi connectivity index (χ1v) is 5.24.